The molecule has 0 spiro atoms. The fraction of sp³-hybridized carbons (Fsp3) is 0.458. The number of piperazine rings is 1. The molecule has 4 aromatic carbocycles. The molecule has 410 valence electrons. The minimum atomic E-state index is -1.45. The predicted octanol–water partition coefficient (Wildman–Crippen LogP) is 9.44. The number of hydrogen-bond acceptors (Lipinski definition) is 12. The molecule has 18 heteroatoms. The van der Waals surface area contributed by atoms with Gasteiger partial charge in [-0.05, 0) is 72.6 Å². The van der Waals surface area contributed by atoms with Crippen molar-refractivity contribution < 1.29 is 47.6 Å². The summed E-state index contributed by atoms with van der Waals surface area (Å²) in [6.07, 6.45) is 4.74. The highest BCUT2D eigenvalue weighted by molar-refractivity contribution is 6.76. The molecule has 1 fully saturated rings. The van der Waals surface area contributed by atoms with E-state index in [1.54, 1.807) is 50.1 Å². The third kappa shape index (κ3) is 12.5. The molecule has 5 aliphatic heterocycles. The van der Waals surface area contributed by atoms with Crippen molar-refractivity contribution in [3.63, 3.8) is 0 Å². The molecule has 4 amide bonds. The van der Waals surface area contributed by atoms with Crippen LogP contribution in [-0.2, 0) is 19.1 Å². The Bertz CT molecular complexity index is 2910. The first-order valence-corrected chi connectivity index (χ1v) is 34.4. The van der Waals surface area contributed by atoms with Crippen molar-refractivity contribution in [2.75, 3.05) is 102 Å². The molecule has 5 aliphatic rings. The van der Waals surface area contributed by atoms with Crippen LogP contribution in [-0.4, -0.2) is 154 Å². The van der Waals surface area contributed by atoms with Crippen molar-refractivity contribution in [1.82, 2.24) is 14.7 Å². The first-order valence-electron chi connectivity index (χ1n) is 27.0. The Kier molecular flexibility index (Phi) is 16.7. The Labute approximate surface area is 456 Å². The van der Waals surface area contributed by atoms with Gasteiger partial charge in [-0.25, -0.2) is 0 Å². The van der Waals surface area contributed by atoms with Gasteiger partial charge in [0, 0.05) is 105 Å². The molecule has 0 bridgehead atoms. The normalized spacial score (nSPS) is 18.9. The maximum absolute atomic E-state index is 14.8. The van der Waals surface area contributed by atoms with E-state index in [1.807, 2.05) is 37.4 Å². The van der Waals surface area contributed by atoms with E-state index in [0.29, 0.717) is 78.0 Å². The highest BCUT2D eigenvalue weighted by Crippen LogP contribution is 2.44. The second kappa shape index (κ2) is 23.3. The number of rotatable bonds is 21. The van der Waals surface area contributed by atoms with Crippen molar-refractivity contribution in [3.8, 4) is 23.0 Å². The Morgan fingerprint density at radius 3 is 1.39 bits per heavy atom. The molecule has 2 atom stereocenters. The molecule has 16 nitrogen and oxygen atoms in total. The molecule has 0 saturated carbocycles. The van der Waals surface area contributed by atoms with Crippen LogP contribution in [0.5, 0.6) is 23.0 Å². The van der Waals surface area contributed by atoms with Gasteiger partial charge >= 0.3 is 0 Å². The van der Waals surface area contributed by atoms with Gasteiger partial charge in [0.1, 0.15) is 25.5 Å². The van der Waals surface area contributed by atoms with Gasteiger partial charge in [-0.3, -0.25) is 29.0 Å². The number of anilines is 3. The van der Waals surface area contributed by atoms with Crippen LogP contribution in [0.1, 0.15) is 56.7 Å². The predicted molar refractivity (Wildman–Crippen MR) is 307 cm³/mol. The summed E-state index contributed by atoms with van der Waals surface area (Å²) in [6.45, 7) is 20.9. The number of methoxy groups -OCH3 is 2. The van der Waals surface area contributed by atoms with Crippen LogP contribution in [0.4, 0.5) is 17.1 Å². The summed E-state index contributed by atoms with van der Waals surface area (Å²) < 4.78 is 36.9. The van der Waals surface area contributed by atoms with Crippen LogP contribution in [0.3, 0.4) is 0 Å². The average molecular weight is 1090 g/mol. The van der Waals surface area contributed by atoms with Crippen molar-refractivity contribution in [3.05, 3.63) is 113 Å². The Hall–Kier alpha value is -6.45. The van der Waals surface area contributed by atoms with E-state index in [0.717, 1.165) is 71.8 Å². The lowest BCUT2D eigenvalue weighted by atomic mass is 10.0. The number of amides is 4. The van der Waals surface area contributed by atoms with Gasteiger partial charge in [0.25, 0.3) is 23.6 Å². The smallest absolute Gasteiger partial charge is 0.260 e. The molecule has 0 radical (unpaired) electrons. The summed E-state index contributed by atoms with van der Waals surface area (Å²) in [5.74, 6) is 0.248. The van der Waals surface area contributed by atoms with E-state index >= 15 is 0 Å². The molecule has 0 aliphatic carbocycles. The summed E-state index contributed by atoms with van der Waals surface area (Å²) in [4.78, 5) is 69.6. The average Bonchev–Trinajstić information content (AvgIpc) is 4.07. The zero-order valence-corrected chi connectivity index (χ0v) is 48.6. The Balaban J connectivity index is 0.927. The molecule has 0 N–H and O–H groups in total. The number of benzene rings is 4. The SMILES string of the molecule is COc1cc2c(cc1OCCCOc1cc3c(cc1OC)C(=O)N1C=C(c4ccc(N5CCN(C)CC5)cc4)C[C@H]1C(=O)N3COCC[Si](C)(C)C)N(COCC[Si](C)(C)C)C(=O)[C@@H]1CC(c3ccc(C)cc3)=CN1C2=O. The number of hydrogen-bond donors (Lipinski definition) is 0. The third-order valence-corrected chi connectivity index (χ3v) is 18.4. The van der Waals surface area contributed by atoms with Gasteiger partial charge in [0.2, 0.25) is 0 Å². The first-order chi connectivity index (χ1) is 36.8. The molecule has 77 heavy (non-hydrogen) atoms. The number of carbonyl (C=O) groups is 4. The summed E-state index contributed by atoms with van der Waals surface area (Å²) in [6, 6.07) is 23.5. The van der Waals surface area contributed by atoms with E-state index in [2.05, 4.69) is 80.4 Å². The van der Waals surface area contributed by atoms with Gasteiger partial charge in [-0.2, -0.15) is 0 Å². The summed E-state index contributed by atoms with van der Waals surface area (Å²) in [5, 5.41) is 0. The molecule has 0 aromatic heterocycles. The number of ether oxygens (including phenoxy) is 6. The van der Waals surface area contributed by atoms with E-state index in [-0.39, 0.29) is 50.3 Å². The second-order valence-electron chi connectivity index (χ2n) is 23.2. The van der Waals surface area contributed by atoms with Crippen LogP contribution in [0.2, 0.25) is 51.4 Å². The Morgan fingerprint density at radius 1 is 0.545 bits per heavy atom. The lowest BCUT2D eigenvalue weighted by Crippen LogP contribution is -2.45. The lowest BCUT2D eigenvalue weighted by Gasteiger charge is -2.34. The number of nitrogens with zero attached hydrogens (tertiary/aromatic N) is 6. The van der Waals surface area contributed by atoms with E-state index in [9.17, 15) is 19.2 Å². The van der Waals surface area contributed by atoms with Crippen LogP contribution in [0.25, 0.3) is 11.1 Å². The van der Waals surface area contributed by atoms with Crippen LogP contribution in [0, 0.1) is 6.92 Å². The number of aryl methyl sites for hydroxylation is 1. The monoisotopic (exact) mass is 1080 g/mol. The fourth-order valence-electron chi connectivity index (χ4n) is 10.2. The highest BCUT2D eigenvalue weighted by Gasteiger charge is 2.45. The quantitative estimate of drug-likeness (QED) is 0.0580. The minimum absolute atomic E-state index is 0.0301. The molecule has 0 unspecified atom stereocenters. The molecule has 4 aromatic rings. The number of likely N-dealkylation sites (N-methyl/N-ethyl adjacent to an activating group) is 1. The lowest BCUT2D eigenvalue weighted by molar-refractivity contribution is -0.123. The number of fused-ring (bicyclic) bond motifs is 4. The van der Waals surface area contributed by atoms with Crippen molar-refractivity contribution in [1.29, 1.82) is 0 Å². The van der Waals surface area contributed by atoms with Crippen LogP contribution in [0.15, 0.2) is 85.2 Å². The maximum atomic E-state index is 14.8. The van der Waals surface area contributed by atoms with Gasteiger partial charge in [0.05, 0.1) is 49.9 Å². The minimum Gasteiger partial charge on any atom is -0.493 e. The largest absolute Gasteiger partial charge is 0.493 e. The summed E-state index contributed by atoms with van der Waals surface area (Å²) in [5.41, 5.74) is 7.40. The summed E-state index contributed by atoms with van der Waals surface area (Å²) >= 11 is 0. The van der Waals surface area contributed by atoms with Gasteiger partial charge in [0.15, 0.2) is 23.0 Å². The standard InChI is InChI=1S/C59H76N6O10Si2/c1-40-12-14-41(15-13-40)43-30-50-58(68)64(38-72-26-28-76(5,6)7)48-34-54(52(70-3)32-46(48)56(66)62(50)36-43)74-24-11-25-75-55-35-49-47(33-53(55)71-4)57(67)63-37-44(31-51(63)59(69)65(49)39-73-27-29-77(8,9)10)42-16-18-45(19-17-42)61-22-20-60(2)21-23-61/h12-19,32-37,50-51H,11,20-31,38-39H2,1-10H3/t50-,51-/m0/s1. The van der Waals surface area contributed by atoms with E-state index < -0.39 is 28.2 Å². The zero-order valence-electron chi connectivity index (χ0n) is 46.6. The molecular formula is C59H76N6O10Si2. The molecule has 1 saturated heterocycles. The highest BCUT2D eigenvalue weighted by atomic mass is 28.3. The molecular weight excluding hydrogens is 1010 g/mol. The van der Waals surface area contributed by atoms with Crippen molar-refractivity contribution >= 4 is 68.0 Å². The second-order valence-corrected chi connectivity index (χ2v) is 34.4. The van der Waals surface area contributed by atoms with Gasteiger partial charge < -0.3 is 48.0 Å². The first kappa shape index (κ1) is 55.3. The third-order valence-electron chi connectivity index (χ3n) is 15.0. The maximum Gasteiger partial charge on any atom is 0.260 e. The zero-order chi connectivity index (χ0) is 54.8. The van der Waals surface area contributed by atoms with Crippen molar-refractivity contribution in [2.45, 2.75) is 89.6 Å². The van der Waals surface area contributed by atoms with E-state index in [4.69, 9.17) is 28.4 Å². The topological polar surface area (TPSA) is 143 Å². The molecule has 9 rings (SSSR count). The van der Waals surface area contributed by atoms with Crippen LogP contribution < -0.4 is 33.6 Å². The van der Waals surface area contributed by atoms with Gasteiger partial charge in [-0.1, -0.05) is 81.2 Å². The van der Waals surface area contributed by atoms with Crippen molar-refractivity contribution in [2.24, 2.45) is 0 Å². The Morgan fingerprint density at radius 2 is 0.974 bits per heavy atom. The number of carbonyl (C=O) groups excluding carboxylic acids is 4. The van der Waals surface area contributed by atoms with Gasteiger partial charge in [-0.15, -0.1) is 0 Å². The fourth-order valence-corrected chi connectivity index (χ4v) is 11.7. The summed E-state index contributed by atoms with van der Waals surface area (Å²) in [7, 11) is 2.29. The van der Waals surface area contributed by atoms with Crippen LogP contribution >= 0.6 is 0 Å². The molecule has 5 heterocycles. The van der Waals surface area contributed by atoms with E-state index in [1.165, 1.54) is 14.2 Å².